The molecule has 0 aromatic carbocycles. The van der Waals surface area contributed by atoms with Crippen LogP contribution in [0.25, 0.3) is 0 Å². The molecule has 0 aliphatic carbocycles. The van der Waals surface area contributed by atoms with Gasteiger partial charge >= 0.3 is 6.18 Å². The van der Waals surface area contributed by atoms with E-state index in [0.29, 0.717) is 13.1 Å². The molecule has 1 atom stereocenters. The highest BCUT2D eigenvalue weighted by atomic mass is 19.4. The van der Waals surface area contributed by atoms with Gasteiger partial charge < -0.3 is 9.80 Å². The van der Waals surface area contributed by atoms with Crippen LogP contribution in [0, 0.1) is 17.2 Å². The number of hydrogen-bond donors (Lipinski definition) is 0. The van der Waals surface area contributed by atoms with E-state index < -0.39 is 12.1 Å². The summed E-state index contributed by atoms with van der Waals surface area (Å²) in [6.45, 7) is 2.70. The Balaban J connectivity index is 2.49. The summed E-state index contributed by atoms with van der Waals surface area (Å²) in [7, 11) is 1.95. The van der Waals surface area contributed by atoms with Crippen molar-refractivity contribution in [2.45, 2.75) is 12.6 Å². The molecular formula is C10H16F3N3. The minimum Gasteiger partial charge on any atom is -0.305 e. The monoisotopic (exact) mass is 235 g/mol. The van der Waals surface area contributed by atoms with Gasteiger partial charge in [-0.1, -0.05) is 0 Å². The van der Waals surface area contributed by atoms with Crippen molar-refractivity contribution in [1.29, 1.82) is 5.26 Å². The Morgan fingerprint density at radius 2 is 1.94 bits per heavy atom. The van der Waals surface area contributed by atoms with Gasteiger partial charge in [-0.2, -0.15) is 18.4 Å². The molecule has 1 fully saturated rings. The normalized spacial score (nSPS) is 22.4. The van der Waals surface area contributed by atoms with Crippen LogP contribution in [0.5, 0.6) is 0 Å². The van der Waals surface area contributed by atoms with Crippen LogP contribution in [0.3, 0.4) is 0 Å². The maximum atomic E-state index is 12.4. The Hall–Kier alpha value is -0.800. The fourth-order valence-electron chi connectivity index (χ4n) is 1.76. The molecule has 0 spiro atoms. The average Bonchev–Trinajstić information content (AvgIpc) is 2.38. The number of likely N-dealkylation sites (N-methyl/N-ethyl adjacent to an activating group) is 1. The minimum absolute atomic E-state index is 0.201. The van der Waals surface area contributed by atoms with Gasteiger partial charge in [-0.3, -0.25) is 0 Å². The molecule has 1 aliphatic heterocycles. The minimum atomic E-state index is -4.41. The van der Waals surface area contributed by atoms with Gasteiger partial charge in [-0.15, -0.1) is 0 Å². The average molecular weight is 235 g/mol. The number of nitrogens with zero attached hydrogens (tertiary/aromatic N) is 3. The molecule has 0 N–H and O–H groups in total. The van der Waals surface area contributed by atoms with Crippen molar-refractivity contribution in [1.82, 2.24) is 9.80 Å². The zero-order chi connectivity index (χ0) is 12.2. The molecule has 6 heteroatoms. The molecule has 3 nitrogen and oxygen atoms in total. The highest BCUT2D eigenvalue weighted by Gasteiger charge is 2.40. The van der Waals surface area contributed by atoms with Gasteiger partial charge in [0.05, 0.1) is 6.07 Å². The van der Waals surface area contributed by atoms with E-state index in [1.54, 1.807) is 4.90 Å². The van der Waals surface area contributed by atoms with Gasteiger partial charge in [0.15, 0.2) is 5.92 Å². The molecule has 1 heterocycles. The smallest absolute Gasteiger partial charge is 0.305 e. The van der Waals surface area contributed by atoms with Crippen molar-refractivity contribution in [3.05, 3.63) is 0 Å². The van der Waals surface area contributed by atoms with E-state index in [4.69, 9.17) is 5.26 Å². The van der Waals surface area contributed by atoms with Crippen LogP contribution in [0.4, 0.5) is 13.2 Å². The fraction of sp³-hybridized carbons (Fsp3) is 0.900. The highest BCUT2D eigenvalue weighted by molar-refractivity contribution is 4.91. The first kappa shape index (κ1) is 13.3. The molecule has 92 valence electrons. The van der Waals surface area contributed by atoms with Crippen molar-refractivity contribution in [2.24, 2.45) is 5.92 Å². The molecule has 1 aliphatic rings. The molecule has 0 aromatic rings. The molecule has 1 unspecified atom stereocenters. The lowest BCUT2D eigenvalue weighted by atomic mass is 10.1. The summed E-state index contributed by atoms with van der Waals surface area (Å²) >= 11 is 0. The van der Waals surface area contributed by atoms with Crippen LogP contribution in [0.2, 0.25) is 0 Å². The number of nitriles is 1. The van der Waals surface area contributed by atoms with E-state index in [0.717, 1.165) is 19.5 Å². The lowest BCUT2D eigenvalue weighted by Gasteiger charge is -2.23. The second-order valence-electron chi connectivity index (χ2n) is 4.18. The Morgan fingerprint density at radius 1 is 1.25 bits per heavy atom. The van der Waals surface area contributed by atoms with Gasteiger partial charge in [-0.25, -0.2) is 0 Å². The van der Waals surface area contributed by atoms with Crippen LogP contribution < -0.4 is 0 Å². The third-order valence-electron chi connectivity index (χ3n) is 2.80. The van der Waals surface area contributed by atoms with Crippen LogP contribution in [0.15, 0.2) is 0 Å². The van der Waals surface area contributed by atoms with Crippen molar-refractivity contribution >= 4 is 0 Å². The molecular weight excluding hydrogens is 219 g/mol. The first-order valence-electron chi connectivity index (χ1n) is 5.30. The highest BCUT2D eigenvalue weighted by Crippen LogP contribution is 2.26. The second-order valence-corrected chi connectivity index (χ2v) is 4.18. The Labute approximate surface area is 93.4 Å². The van der Waals surface area contributed by atoms with Crippen LogP contribution >= 0.6 is 0 Å². The van der Waals surface area contributed by atoms with Crippen LogP contribution in [0.1, 0.15) is 6.42 Å². The number of hydrogen-bond acceptors (Lipinski definition) is 3. The number of halogens is 3. The van der Waals surface area contributed by atoms with Crippen molar-refractivity contribution in [2.75, 3.05) is 39.8 Å². The van der Waals surface area contributed by atoms with Crippen LogP contribution in [-0.2, 0) is 0 Å². The molecule has 0 saturated carbocycles. The predicted molar refractivity (Wildman–Crippen MR) is 53.7 cm³/mol. The molecule has 0 radical (unpaired) electrons. The van der Waals surface area contributed by atoms with Crippen molar-refractivity contribution in [3.8, 4) is 6.07 Å². The summed E-state index contributed by atoms with van der Waals surface area (Å²) in [4.78, 5) is 3.82. The Kier molecular flexibility index (Phi) is 4.56. The molecule has 1 saturated heterocycles. The van der Waals surface area contributed by atoms with Gasteiger partial charge in [0, 0.05) is 19.6 Å². The lowest BCUT2D eigenvalue weighted by molar-refractivity contribution is -0.163. The zero-order valence-corrected chi connectivity index (χ0v) is 9.30. The van der Waals surface area contributed by atoms with Crippen LogP contribution in [-0.4, -0.2) is 55.7 Å². The number of rotatable bonds is 2. The van der Waals surface area contributed by atoms with E-state index in [-0.39, 0.29) is 6.54 Å². The summed E-state index contributed by atoms with van der Waals surface area (Å²) in [5, 5.41) is 8.51. The number of alkyl halides is 3. The molecule has 1 rings (SSSR count). The van der Waals surface area contributed by atoms with Gasteiger partial charge in [0.1, 0.15) is 0 Å². The van der Waals surface area contributed by atoms with E-state index in [1.807, 2.05) is 7.05 Å². The van der Waals surface area contributed by atoms with E-state index in [1.165, 1.54) is 6.07 Å². The third-order valence-corrected chi connectivity index (χ3v) is 2.80. The molecule has 16 heavy (non-hydrogen) atoms. The van der Waals surface area contributed by atoms with E-state index in [9.17, 15) is 13.2 Å². The maximum Gasteiger partial charge on any atom is 0.405 e. The van der Waals surface area contributed by atoms with Gasteiger partial charge in [0.25, 0.3) is 0 Å². The quantitative estimate of drug-likeness (QED) is 0.723. The van der Waals surface area contributed by atoms with Crippen molar-refractivity contribution in [3.63, 3.8) is 0 Å². The summed E-state index contributed by atoms with van der Waals surface area (Å²) < 4.78 is 37.2. The molecule has 0 amide bonds. The first-order valence-corrected chi connectivity index (χ1v) is 5.30. The summed E-state index contributed by atoms with van der Waals surface area (Å²) in [6, 6.07) is 1.34. The summed E-state index contributed by atoms with van der Waals surface area (Å²) in [5.41, 5.74) is 0. The summed E-state index contributed by atoms with van der Waals surface area (Å²) in [5.74, 6) is -1.86. The third kappa shape index (κ3) is 3.99. The van der Waals surface area contributed by atoms with Crippen molar-refractivity contribution < 1.29 is 13.2 Å². The fourth-order valence-corrected chi connectivity index (χ4v) is 1.76. The lowest BCUT2D eigenvalue weighted by Crippen LogP contribution is -2.38. The SMILES string of the molecule is CN1CCCN(CC(C#N)C(F)(F)F)CC1. The predicted octanol–water partition coefficient (Wildman–Crippen LogP) is 1.33. The first-order chi connectivity index (χ1) is 7.43. The maximum absolute atomic E-state index is 12.4. The van der Waals surface area contributed by atoms with E-state index in [2.05, 4.69) is 4.90 Å². The zero-order valence-electron chi connectivity index (χ0n) is 9.30. The standard InChI is InChI=1S/C10H16F3N3/c1-15-3-2-4-16(6-5-15)8-9(7-14)10(11,12)13/h9H,2-6,8H2,1H3. The topological polar surface area (TPSA) is 30.3 Å². The largest absolute Gasteiger partial charge is 0.405 e. The van der Waals surface area contributed by atoms with E-state index >= 15 is 0 Å². The Bertz CT molecular complexity index is 259. The van der Waals surface area contributed by atoms with Gasteiger partial charge in [0.2, 0.25) is 0 Å². The Morgan fingerprint density at radius 3 is 2.50 bits per heavy atom. The second kappa shape index (κ2) is 5.51. The summed E-state index contributed by atoms with van der Waals surface area (Å²) in [6.07, 6.45) is -3.56. The molecule has 0 bridgehead atoms. The van der Waals surface area contributed by atoms with Gasteiger partial charge in [-0.05, 0) is 26.6 Å². The molecule has 0 aromatic heterocycles.